The van der Waals surface area contributed by atoms with E-state index in [0.717, 1.165) is 4.90 Å². The Hall–Kier alpha value is -1.45. The van der Waals surface area contributed by atoms with Crippen molar-refractivity contribution in [2.75, 3.05) is 25.5 Å². The Labute approximate surface area is 129 Å². The second-order valence-electron chi connectivity index (χ2n) is 4.26. The monoisotopic (exact) mass is 336 g/mol. The van der Waals surface area contributed by atoms with Gasteiger partial charge in [-0.05, 0) is 5.57 Å². The topological polar surface area (TPSA) is 105 Å². The van der Waals surface area contributed by atoms with Crippen LogP contribution in [0.3, 0.4) is 0 Å². The summed E-state index contributed by atoms with van der Waals surface area (Å²) in [6.07, 6.45) is -0.813. The number of carbonyl (C=O) groups excluding carboxylic acids is 2. The van der Waals surface area contributed by atoms with Gasteiger partial charge in [0.05, 0.1) is 6.61 Å². The molecule has 2 heterocycles. The zero-order valence-electron chi connectivity index (χ0n) is 11.0. The first kappa shape index (κ1) is 15.9. The van der Waals surface area contributed by atoms with E-state index in [1.54, 1.807) is 0 Å². The lowest BCUT2D eigenvalue weighted by Gasteiger charge is -2.49. The van der Waals surface area contributed by atoms with Gasteiger partial charge in [0.1, 0.15) is 17.1 Å². The molecule has 2 N–H and O–H groups in total. The van der Waals surface area contributed by atoms with E-state index in [0.29, 0.717) is 11.3 Å². The van der Waals surface area contributed by atoms with Crippen LogP contribution in [0.25, 0.3) is 0 Å². The summed E-state index contributed by atoms with van der Waals surface area (Å²) in [6.45, 7) is 0.136. The minimum atomic E-state index is -1.19. The largest absolute Gasteiger partial charge is 0.477 e. The van der Waals surface area contributed by atoms with Crippen LogP contribution in [0.5, 0.6) is 0 Å². The fourth-order valence-electron chi connectivity index (χ4n) is 2.19. The number of fused-ring (bicyclic) bond motifs is 1. The molecule has 2 aliphatic heterocycles. The average Bonchev–Trinajstić information content (AvgIpc) is 2.44. The maximum atomic E-state index is 12.1. The molecule has 2 amide bonds. The van der Waals surface area contributed by atoms with Crippen LogP contribution in [0.1, 0.15) is 0 Å². The van der Waals surface area contributed by atoms with Gasteiger partial charge in [-0.2, -0.15) is 0 Å². The minimum Gasteiger partial charge on any atom is -0.477 e. The summed E-state index contributed by atoms with van der Waals surface area (Å²) < 4.78 is 9.45. The molecule has 21 heavy (non-hydrogen) atoms. The van der Waals surface area contributed by atoms with Gasteiger partial charge in [0.2, 0.25) is 0 Å². The third-order valence-electron chi connectivity index (χ3n) is 3.03. The van der Waals surface area contributed by atoms with E-state index in [1.165, 1.54) is 18.9 Å². The lowest BCUT2D eigenvalue weighted by Crippen LogP contribution is -2.70. The van der Waals surface area contributed by atoms with E-state index in [2.05, 4.69) is 10.1 Å². The number of carbonyl (C=O) groups is 3. The molecule has 1 fully saturated rings. The van der Waals surface area contributed by atoms with Gasteiger partial charge in [-0.25, -0.2) is 9.59 Å². The number of hydrogen-bond acceptors (Lipinski definition) is 6. The number of nitrogens with one attached hydrogen (secondary N) is 1. The number of aliphatic carboxylic acids is 1. The molecule has 0 saturated carbocycles. The Morgan fingerprint density at radius 1 is 1.57 bits per heavy atom. The van der Waals surface area contributed by atoms with Gasteiger partial charge in [0, 0.05) is 12.9 Å². The van der Waals surface area contributed by atoms with Crippen molar-refractivity contribution in [1.29, 1.82) is 0 Å². The van der Waals surface area contributed by atoms with Crippen molar-refractivity contribution in [2.24, 2.45) is 0 Å². The van der Waals surface area contributed by atoms with Gasteiger partial charge >= 0.3 is 12.1 Å². The molecule has 116 valence electrons. The summed E-state index contributed by atoms with van der Waals surface area (Å²) in [5, 5.41) is 11.2. The number of carboxylic acids is 1. The van der Waals surface area contributed by atoms with Crippen LogP contribution < -0.4 is 5.32 Å². The lowest BCUT2D eigenvalue weighted by atomic mass is 10.0. The van der Waals surface area contributed by atoms with E-state index in [9.17, 15) is 19.5 Å². The molecule has 0 aromatic rings. The van der Waals surface area contributed by atoms with E-state index in [4.69, 9.17) is 16.3 Å². The Bertz CT molecular complexity index is 511. The number of alkyl halides is 1. The predicted octanol–water partition coefficient (Wildman–Crippen LogP) is 0.178. The van der Waals surface area contributed by atoms with Crippen molar-refractivity contribution in [3.63, 3.8) is 0 Å². The molecule has 2 aliphatic rings. The molecule has 2 rings (SSSR count). The first-order chi connectivity index (χ1) is 10.0. The maximum absolute atomic E-state index is 12.1. The highest BCUT2D eigenvalue weighted by atomic mass is 35.5. The highest BCUT2D eigenvalue weighted by molar-refractivity contribution is 8.00. The molecule has 0 aromatic carbocycles. The van der Waals surface area contributed by atoms with Crippen molar-refractivity contribution in [2.45, 2.75) is 11.4 Å². The number of hydrogen-bond donors (Lipinski definition) is 2. The number of carboxylic acid groups (broad SMARTS) is 1. The maximum Gasteiger partial charge on any atom is 0.409 e. The summed E-state index contributed by atoms with van der Waals surface area (Å²) in [7, 11) is 1.45. The molecule has 0 spiro atoms. The zero-order valence-corrected chi connectivity index (χ0v) is 12.6. The number of alkyl carbamates (subject to hydrolysis) is 1. The fraction of sp³-hybridized carbons (Fsp3) is 0.545. The molecule has 1 saturated heterocycles. The van der Waals surface area contributed by atoms with Crippen LogP contribution in [0.2, 0.25) is 0 Å². The molecule has 8 nitrogen and oxygen atoms in total. The van der Waals surface area contributed by atoms with E-state index >= 15 is 0 Å². The number of nitrogens with zero attached hydrogens (tertiary/aromatic N) is 1. The molecule has 0 aromatic heterocycles. The highest BCUT2D eigenvalue weighted by Gasteiger charge is 2.54. The highest BCUT2D eigenvalue weighted by Crippen LogP contribution is 2.40. The van der Waals surface area contributed by atoms with E-state index in [-0.39, 0.29) is 18.4 Å². The summed E-state index contributed by atoms with van der Waals surface area (Å²) in [6, 6.07) is -1.14. The standard InChI is InChI=1S/C11H13ClN2O6S/c1-19-2-5-3-21-9-6(13-11(18)20-4-12)8(15)14(9)7(5)10(16)17/h6,9H,2-4H2,1H3,(H,13,18)(H,16,17)/t6?,9-/m0/s1. The van der Waals surface area contributed by atoms with Crippen molar-refractivity contribution in [1.82, 2.24) is 10.2 Å². The Balaban J connectivity index is 2.15. The van der Waals surface area contributed by atoms with Crippen LogP contribution in [0.15, 0.2) is 11.3 Å². The van der Waals surface area contributed by atoms with E-state index in [1.807, 2.05) is 0 Å². The van der Waals surface area contributed by atoms with Crippen LogP contribution in [-0.4, -0.2) is 64.9 Å². The van der Waals surface area contributed by atoms with Gasteiger partial charge in [0.15, 0.2) is 6.07 Å². The second-order valence-corrected chi connectivity index (χ2v) is 5.59. The summed E-state index contributed by atoms with van der Waals surface area (Å²) in [5.41, 5.74) is 0.454. The molecule has 2 atom stereocenters. The van der Waals surface area contributed by atoms with Crippen molar-refractivity contribution in [3.05, 3.63) is 11.3 Å². The number of thioether (sulfide) groups is 1. The van der Waals surface area contributed by atoms with Crippen LogP contribution in [0.4, 0.5) is 4.79 Å². The third kappa shape index (κ3) is 2.94. The Morgan fingerprint density at radius 3 is 2.86 bits per heavy atom. The molecule has 0 bridgehead atoms. The molecular formula is C11H13ClN2O6S. The number of rotatable bonds is 5. The lowest BCUT2D eigenvalue weighted by molar-refractivity contribution is -0.149. The predicted molar refractivity (Wildman–Crippen MR) is 73.8 cm³/mol. The number of ether oxygens (including phenoxy) is 2. The van der Waals surface area contributed by atoms with E-state index < -0.39 is 29.4 Å². The average molecular weight is 337 g/mol. The van der Waals surface area contributed by atoms with Gasteiger partial charge in [-0.1, -0.05) is 11.6 Å². The zero-order chi connectivity index (χ0) is 15.6. The molecule has 0 radical (unpaired) electrons. The van der Waals surface area contributed by atoms with Crippen LogP contribution >= 0.6 is 23.4 Å². The first-order valence-electron chi connectivity index (χ1n) is 5.89. The molecule has 0 aliphatic carbocycles. The smallest absolute Gasteiger partial charge is 0.409 e. The molecule has 1 unspecified atom stereocenters. The Kier molecular flexibility index (Phi) is 4.96. The molecular weight excluding hydrogens is 324 g/mol. The van der Waals surface area contributed by atoms with Gasteiger partial charge in [0.25, 0.3) is 5.91 Å². The third-order valence-corrected chi connectivity index (χ3v) is 4.48. The summed E-state index contributed by atoms with van der Waals surface area (Å²) >= 11 is 6.61. The number of halogens is 1. The van der Waals surface area contributed by atoms with Gasteiger partial charge < -0.3 is 19.9 Å². The van der Waals surface area contributed by atoms with Crippen molar-refractivity contribution >= 4 is 41.3 Å². The fourth-order valence-corrected chi connectivity index (χ4v) is 3.61. The van der Waals surface area contributed by atoms with Gasteiger partial charge in [-0.15, -0.1) is 11.8 Å². The summed E-state index contributed by atoms with van der Waals surface area (Å²) in [4.78, 5) is 35.9. The van der Waals surface area contributed by atoms with Crippen molar-refractivity contribution in [3.8, 4) is 0 Å². The number of β-lactam (4-membered cyclic amide) rings is 1. The second kappa shape index (κ2) is 6.54. The van der Waals surface area contributed by atoms with Crippen molar-refractivity contribution < 1.29 is 29.0 Å². The summed E-state index contributed by atoms with van der Waals surface area (Å²) in [5.74, 6) is -1.28. The first-order valence-corrected chi connectivity index (χ1v) is 7.47. The number of methoxy groups -OCH3 is 1. The van der Waals surface area contributed by atoms with Gasteiger partial charge in [-0.3, -0.25) is 9.69 Å². The number of amides is 2. The Morgan fingerprint density at radius 2 is 2.29 bits per heavy atom. The normalized spacial score (nSPS) is 24.3. The minimum absolute atomic E-state index is 0.0747. The van der Waals surface area contributed by atoms with Crippen LogP contribution in [-0.2, 0) is 19.1 Å². The van der Waals surface area contributed by atoms with Crippen LogP contribution in [0, 0.1) is 0 Å². The SMILES string of the molecule is COCC1=C(C(=O)O)N2C(=O)C(NC(=O)OCCl)[C@@H]2SC1. The molecule has 10 heteroatoms. The quantitative estimate of drug-likeness (QED) is 0.545.